The van der Waals surface area contributed by atoms with E-state index in [1.807, 2.05) is 0 Å². The Hall–Kier alpha value is -6.17. The Morgan fingerprint density at radius 1 is 0.424 bits per heavy atom. The van der Waals surface area contributed by atoms with Crippen LogP contribution in [0.25, 0.3) is 76.7 Å². The van der Waals surface area contributed by atoms with Crippen molar-refractivity contribution in [2.75, 3.05) is 9.83 Å². The predicted octanol–water partition coefficient (Wildman–Crippen LogP) is 16.5. The van der Waals surface area contributed by atoms with Crippen molar-refractivity contribution in [1.29, 1.82) is 0 Å². The van der Waals surface area contributed by atoms with Crippen molar-refractivity contribution in [3.8, 4) is 33.4 Å². The molecular formula is C56H47IN2. The molecule has 9 aromatic carbocycles. The third-order valence-corrected chi connectivity index (χ3v) is 18.4. The predicted molar refractivity (Wildman–Crippen MR) is 265 cm³/mol. The average molecular weight is 875 g/mol. The van der Waals surface area contributed by atoms with Crippen molar-refractivity contribution in [3.63, 3.8) is 0 Å². The van der Waals surface area contributed by atoms with Crippen LogP contribution in [0.1, 0.15) is 20.3 Å². The number of halogens is 1. The first kappa shape index (κ1) is 37.1. The molecule has 0 amide bonds. The Morgan fingerprint density at radius 2 is 0.915 bits per heavy atom. The molecule has 1 atom stereocenters. The van der Waals surface area contributed by atoms with Gasteiger partial charge in [-0.2, -0.15) is 0 Å². The van der Waals surface area contributed by atoms with Crippen molar-refractivity contribution < 1.29 is 0 Å². The standard InChI is InChI=1S/C56H47IN2/c1-4-39(2)57(3)38-58-53-27-17-16-24-47(53)51-37-46(33-35-54(51)58)59(44-22-12-7-13-23-44)45-31-28-40(29-32-45)43-30-34-50-52(36-43)56(42-20-10-6-11-21-42)49-26-15-14-25-48(49)55(50)41-18-8-5-9-19-41/h5-37,39H,4,38H2,1-3H3. The molecule has 288 valence electrons. The summed E-state index contributed by atoms with van der Waals surface area (Å²) in [5.74, 6) is 0. The van der Waals surface area contributed by atoms with Gasteiger partial charge in [-0.15, -0.1) is 0 Å². The minimum absolute atomic E-state index is 0.818. The van der Waals surface area contributed by atoms with E-state index < -0.39 is 19.8 Å². The number of nitrogens with zero attached hydrogens (tertiary/aromatic N) is 2. The third kappa shape index (κ3) is 6.77. The van der Waals surface area contributed by atoms with Gasteiger partial charge in [-0.05, 0) is 49.9 Å². The van der Waals surface area contributed by atoms with Gasteiger partial charge in [0.15, 0.2) is 0 Å². The van der Waals surface area contributed by atoms with Crippen LogP contribution in [0.4, 0.5) is 17.1 Å². The Bertz CT molecular complexity index is 3080. The fourth-order valence-electron chi connectivity index (χ4n) is 8.90. The summed E-state index contributed by atoms with van der Waals surface area (Å²) in [5, 5.41) is 7.71. The van der Waals surface area contributed by atoms with E-state index in [0.29, 0.717) is 0 Å². The quantitative estimate of drug-likeness (QED) is 0.0755. The first-order valence-electron chi connectivity index (χ1n) is 20.7. The minimum atomic E-state index is -1.17. The number of fused-ring (bicyclic) bond motifs is 5. The number of alkyl halides is 3. The van der Waals surface area contributed by atoms with Crippen LogP contribution in [0, 0.1) is 0 Å². The maximum atomic E-state index is 2.62. The van der Waals surface area contributed by atoms with E-state index in [1.54, 1.807) is 0 Å². The molecule has 0 saturated heterocycles. The van der Waals surface area contributed by atoms with Crippen LogP contribution in [0.2, 0.25) is 0 Å². The molecule has 0 aliphatic rings. The van der Waals surface area contributed by atoms with Crippen LogP contribution in [-0.4, -0.2) is 13.4 Å². The maximum absolute atomic E-state index is 2.62. The number of hydrogen-bond donors (Lipinski definition) is 0. The Morgan fingerprint density at radius 3 is 1.56 bits per heavy atom. The molecule has 0 bridgehead atoms. The molecule has 0 spiro atoms. The van der Waals surface area contributed by atoms with Gasteiger partial charge < -0.3 is 0 Å². The summed E-state index contributed by atoms with van der Waals surface area (Å²) in [6.07, 6.45) is 1.26. The molecule has 59 heavy (non-hydrogen) atoms. The Balaban J connectivity index is 1.10. The topological polar surface area (TPSA) is 8.17 Å². The van der Waals surface area contributed by atoms with Gasteiger partial charge in [-0.25, -0.2) is 0 Å². The molecule has 0 saturated carbocycles. The fraction of sp³-hybridized carbons (Fsp3) is 0.107. The summed E-state index contributed by atoms with van der Waals surface area (Å²) < 4.78 is 4.60. The summed E-state index contributed by atoms with van der Waals surface area (Å²) in [7, 11) is 0. The molecule has 0 N–H and O–H groups in total. The monoisotopic (exact) mass is 874 g/mol. The number of aromatic nitrogens is 1. The summed E-state index contributed by atoms with van der Waals surface area (Å²) in [6.45, 7) is 4.79. The zero-order valence-electron chi connectivity index (χ0n) is 33.8. The molecule has 1 aromatic heterocycles. The number of benzene rings is 9. The van der Waals surface area contributed by atoms with E-state index in [-0.39, 0.29) is 0 Å². The summed E-state index contributed by atoms with van der Waals surface area (Å²) >= 11 is -1.17. The fourth-order valence-corrected chi connectivity index (χ4v) is 12.9. The van der Waals surface area contributed by atoms with Gasteiger partial charge in [0.05, 0.1) is 0 Å². The molecule has 0 aliphatic heterocycles. The third-order valence-electron chi connectivity index (χ3n) is 12.1. The molecule has 1 unspecified atom stereocenters. The summed E-state index contributed by atoms with van der Waals surface area (Å²) in [4.78, 5) is 4.96. The van der Waals surface area contributed by atoms with Gasteiger partial charge in [0.1, 0.15) is 0 Å². The zero-order valence-corrected chi connectivity index (χ0v) is 36.0. The molecule has 0 radical (unpaired) electrons. The first-order chi connectivity index (χ1) is 29.1. The van der Waals surface area contributed by atoms with E-state index in [4.69, 9.17) is 0 Å². The van der Waals surface area contributed by atoms with Crippen LogP contribution in [-0.2, 0) is 4.55 Å². The van der Waals surface area contributed by atoms with Gasteiger partial charge >= 0.3 is 210 Å². The van der Waals surface area contributed by atoms with Crippen LogP contribution in [0.3, 0.4) is 0 Å². The molecule has 0 aliphatic carbocycles. The Labute approximate surface area is 354 Å². The number of rotatable bonds is 10. The average Bonchev–Trinajstić information content (AvgIpc) is 3.61. The van der Waals surface area contributed by atoms with Crippen molar-refractivity contribution in [1.82, 2.24) is 4.57 Å². The SMILES string of the molecule is CCC(C)I(C)Cn1c2ccccc2c2cc(N(c3ccccc3)c3ccc(-c4ccc5c(-c6ccccc6)c6ccccc6c(-c6ccccc6)c5c4)cc3)ccc21. The number of anilines is 3. The van der Waals surface area contributed by atoms with Crippen molar-refractivity contribution >= 4 is 80.2 Å². The molecule has 1 heterocycles. The normalized spacial score (nSPS) is 12.4. The van der Waals surface area contributed by atoms with E-state index >= 15 is 0 Å². The molecule has 0 fully saturated rings. The van der Waals surface area contributed by atoms with Crippen molar-refractivity contribution in [2.24, 2.45) is 0 Å². The van der Waals surface area contributed by atoms with Gasteiger partial charge in [0, 0.05) is 0 Å². The van der Waals surface area contributed by atoms with E-state index in [2.05, 4.69) is 228 Å². The van der Waals surface area contributed by atoms with E-state index in [1.165, 1.54) is 83.2 Å². The molecule has 10 rings (SSSR count). The second kappa shape index (κ2) is 15.9. The van der Waals surface area contributed by atoms with Crippen LogP contribution < -0.4 is 4.90 Å². The van der Waals surface area contributed by atoms with E-state index in [0.717, 1.165) is 25.5 Å². The van der Waals surface area contributed by atoms with E-state index in [9.17, 15) is 0 Å². The van der Waals surface area contributed by atoms with Crippen LogP contribution >= 0.6 is 19.8 Å². The van der Waals surface area contributed by atoms with Crippen LogP contribution in [0.5, 0.6) is 0 Å². The van der Waals surface area contributed by atoms with Gasteiger partial charge in [-0.1, -0.05) is 97.1 Å². The number of para-hydroxylation sites is 2. The molecular weight excluding hydrogens is 828 g/mol. The number of hydrogen-bond acceptors (Lipinski definition) is 1. The first-order valence-corrected chi connectivity index (χ1v) is 25.6. The Kier molecular flexibility index (Phi) is 9.99. The summed E-state index contributed by atoms with van der Waals surface area (Å²) in [6, 6.07) is 73.7. The molecule has 10 aromatic rings. The molecule has 3 heteroatoms. The van der Waals surface area contributed by atoms with Crippen LogP contribution in [0.15, 0.2) is 200 Å². The summed E-state index contributed by atoms with van der Waals surface area (Å²) in [5.41, 5.74) is 13.5. The molecule has 2 nitrogen and oxygen atoms in total. The zero-order chi connectivity index (χ0) is 39.9. The second-order valence-electron chi connectivity index (χ2n) is 15.6. The van der Waals surface area contributed by atoms with Gasteiger partial charge in [0.2, 0.25) is 0 Å². The second-order valence-corrected chi connectivity index (χ2v) is 22.1. The van der Waals surface area contributed by atoms with Crippen molar-refractivity contribution in [2.45, 2.75) is 28.7 Å². The van der Waals surface area contributed by atoms with Gasteiger partial charge in [0.25, 0.3) is 0 Å². The van der Waals surface area contributed by atoms with Crippen molar-refractivity contribution in [3.05, 3.63) is 200 Å². The van der Waals surface area contributed by atoms with Gasteiger partial charge in [-0.3, -0.25) is 0 Å².